The van der Waals surface area contributed by atoms with Crippen LogP contribution in [0.25, 0.3) is 0 Å². The number of carbonyl (C=O) groups is 1. The van der Waals surface area contributed by atoms with Crippen LogP contribution in [-0.2, 0) is 9.53 Å². The summed E-state index contributed by atoms with van der Waals surface area (Å²) in [6, 6.07) is 0.215. The molecule has 84 valence electrons. The molecule has 0 aromatic carbocycles. The smallest absolute Gasteiger partial charge is 0.222 e. The van der Waals surface area contributed by atoms with E-state index in [2.05, 4.69) is 13.8 Å². The highest BCUT2D eigenvalue weighted by molar-refractivity contribution is 5.75. The average Bonchev–Trinajstić information content (AvgIpc) is 2.14. The lowest BCUT2D eigenvalue weighted by molar-refractivity contribution is -0.133. The number of methoxy groups -OCH3 is 1. The summed E-state index contributed by atoms with van der Waals surface area (Å²) < 4.78 is 5.13. The van der Waals surface area contributed by atoms with Gasteiger partial charge in [0, 0.05) is 20.6 Å². The Kier molecular flexibility index (Phi) is 6.54. The van der Waals surface area contributed by atoms with E-state index in [0.29, 0.717) is 18.9 Å². The number of hydrogen-bond acceptors (Lipinski definition) is 2. The van der Waals surface area contributed by atoms with Crippen LogP contribution in [0, 0.1) is 5.92 Å². The second-order valence-electron chi connectivity index (χ2n) is 4.10. The van der Waals surface area contributed by atoms with Crippen LogP contribution < -0.4 is 0 Å². The summed E-state index contributed by atoms with van der Waals surface area (Å²) in [5.74, 6) is 0.773. The Morgan fingerprint density at radius 1 is 1.43 bits per heavy atom. The molecule has 0 saturated heterocycles. The first-order chi connectivity index (χ1) is 6.52. The summed E-state index contributed by atoms with van der Waals surface area (Å²) in [4.78, 5) is 13.3. The summed E-state index contributed by atoms with van der Waals surface area (Å²) in [5, 5.41) is 0. The number of nitrogens with zero attached hydrogens (tertiary/aromatic N) is 1. The predicted molar refractivity (Wildman–Crippen MR) is 58.2 cm³/mol. The van der Waals surface area contributed by atoms with Crippen LogP contribution in [0.3, 0.4) is 0 Å². The zero-order chi connectivity index (χ0) is 11.1. The standard InChI is InChI=1S/C11H23NO2/c1-6-11(13)12(4)10(8-14-5)7-9(2)3/h9-10H,6-8H2,1-5H3. The van der Waals surface area contributed by atoms with Crippen LogP contribution in [0.2, 0.25) is 0 Å². The zero-order valence-corrected chi connectivity index (χ0v) is 10.0. The van der Waals surface area contributed by atoms with E-state index in [9.17, 15) is 4.79 Å². The molecule has 3 nitrogen and oxygen atoms in total. The third kappa shape index (κ3) is 4.61. The van der Waals surface area contributed by atoms with Crippen molar-refractivity contribution in [3.8, 4) is 0 Å². The average molecular weight is 201 g/mol. The molecule has 0 heterocycles. The maximum absolute atomic E-state index is 11.5. The summed E-state index contributed by atoms with van der Waals surface area (Å²) >= 11 is 0. The number of carbonyl (C=O) groups excluding carboxylic acids is 1. The van der Waals surface area contributed by atoms with Crippen LogP contribution >= 0.6 is 0 Å². The van der Waals surface area contributed by atoms with Gasteiger partial charge in [-0.3, -0.25) is 4.79 Å². The minimum absolute atomic E-state index is 0.188. The SMILES string of the molecule is CCC(=O)N(C)C(COC)CC(C)C. The summed E-state index contributed by atoms with van der Waals surface area (Å²) in [7, 11) is 3.54. The highest BCUT2D eigenvalue weighted by Crippen LogP contribution is 2.11. The van der Waals surface area contributed by atoms with E-state index in [1.54, 1.807) is 7.11 Å². The van der Waals surface area contributed by atoms with Crippen LogP contribution in [0.4, 0.5) is 0 Å². The maximum atomic E-state index is 11.5. The van der Waals surface area contributed by atoms with E-state index in [0.717, 1.165) is 6.42 Å². The topological polar surface area (TPSA) is 29.5 Å². The second kappa shape index (κ2) is 6.82. The van der Waals surface area contributed by atoms with Crippen molar-refractivity contribution in [3.63, 3.8) is 0 Å². The molecule has 1 unspecified atom stereocenters. The lowest BCUT2D eigenvalue weighted by atomic mass is 10.0. The Morgan fingerprint density at radius 3 is 2.36 bits per heavy atom. The molecular formula is C11H23NO2. The summed E-state index contributed by atoms with van der Waals surface area (Å²) in [6.45, 7) is 6.83. The van der Waals surface area contributed by atoms with E-state index >= 15 is 0 Å². The molecule has 0 N–H and O–H groups in total. The Labute approximate surface area is 87.4 Å². The van der Waals surface area contributed by atoms with E-state index in [1.807, 2.05) is 18.9 Å². The first kappa shape index (κ1) is 13.4. The molecule has 0 aliphatic heterocycles. The van der Waals surface area contributed by atoms with E-state index in [1.165, 1.54) is 0 Å². The van der Waals surface area contributed by atoms with Crippen molar-refractivity contribution < 1.29 is 9.53 Å². The molecule has 0 bridgehead atoms. The largest absolute Gasteiger partial charge is 0.383 e. The molecule has 0 aliphatic rings. The Balaban J connectivity index is 4.24. The highest BCUT2D eigenvalue weighted by atomic mass is 16.5. The van der Waals surface area contributed by atoms with Gasteiger partial charge in [0.2, 0.25) is 5.91 Å². The van der Waals surface area contributed by atoms with Gasteiger partial charge in [0.25, 0.3) is 0 Å². The molecule has 0 fully saturated rings. The number of likely N-dealkylation sites (N-methyl/N-ethyl adjacent to an activating group) is 1. The maximum Gasteiger partial charge on any atom is 0.222 e. The molecule has 1 atom stereocenters. The van der Waals surface area contributed by atoms with Gasteiger partial charge in [-0.25, -0.2) is 0 Å². The summed E-state index contributed by atoms with van der Waals surface area (Å²) in [5.41, 5.74) is 0. The van der Waals surface area contributed by atoms with Gasteiger partial charge in [-0.15, -0.1) is 0 Å². The van der Waals surface area contributed by atoms with E-state index in [4.69, 9.17) is 4.74 Å². The van der Waals surface area contributed by atoms with Crippen molar-refractivity contribution in [1.29, 1.82) is 0 Å². The van der Waals surface area contributed by atoms with Crippen molar-refractivity contribution in [1.82, 2.24) is 4.90 Å². The van der Waals surface area contributed by atoms with Gasteiger partial charge < -0.3 is 9.64 Å². The predicted octanol–water partition coefficient (Wildman–Crippen LogP) is 1.92. The first-order valence-electron chi connectivity index (χ1n) is 5.27. The highest BCUT2D eigenvalue weighted by Gasteiger charge is 2.19. The third-order valence-electron chi connectivity index (χ3n) is 2.35. The van der Waals surface area contributed by atoms with Crippen molar-refractivity contribution >= 4 is 5.91 Å². The normalized spacial score (nSPS) is 13.0. The van der Waals surface area contributed by atoms with Crippen LogP contribution in [0.5, 0.6) is 0 Å². The minimum atomic E-state index is 0.188. The fourth-order valence-corrected chi connectivity index (χ4v) is 1.53. The van der Waals surface area contributed by atoms with Crippen LogP contribution in [-0.4, -0.2) is 37.6 Å². The number of amides is 1. The Hall–Kier alpha value is -0.570. The number of hydrogen-bond donors (Lipinski definition) is 0. The molecule has 0 rings (SSSR count). The van der Waals surface area contributed by atoms with Gasteiger partial charge in [-0.2, -0.15) is 0 Å². The van der Waals surface area contributed by atoms with Gasteiger partial charge in [-0.1, -0.05) is 20.8 Å². The van der Waals surface area contributed by atoms with Gasteiger partial charge in [0.1, 0.15) is 0 Å². The zero-order valence-electron chi connectivity index (χ0n) is 10.0. The molecule has 1 amide bonds. The molecule has 3 heteroatoms. The van der Waals surface area contributed by atoms with Crippen molar-refractivity contribution in [2.24, 2.45) is 5.92 Å². The molecule has 0 aromatic rings. The van der Waals surface area contributed by atoms with Gasteiger partial charge in [-0.05, 0) is 12.3 Å². The first-order valence-corrected chi connectivity index (χ1v) is 5.27. The molecular weight excluding hydrogens is 178 g/mol. The van der Waals surface area contributed by atoms with Crippen molar-refractivity contribution in [2.45, 2.75) is 39.7 Å². The van der Waals surface area contributed by atoms with Gasteiger partial charge >= 0.3 is 0 Å². The number of ether oxygens (including phenoxy) is 1. The monoisotopic (exact) mass is 201 g/mol. The minimum Gasteiger partial charge on any atom is -0.383 e. The quantitative estimate of drug-likeness (QED) is 0.657. The van der Waals surface area contributed by atoms with Crippen LogP contribution in [0.15, 0.2) is 0 Å². The fraction of sp³-hybridized carbons (Fsp3) is 0.909. The van der Waals surface area contributed by atoms with Crippen molar-refractivity contribution in [2.75, 3.05) is 20.8 Å². The lowest BCUT2D eigenvalue weighted by Crippen LogP contribution is -2.40. The summed E-state index contributed by atoms with van der Waals surface area (Å²) in [6.07, 6.45) is 1.56. The van der Waals surface area contributed by atoms with Gasteiger partial charge in [0.15, 0.2) is 0 Å². The molecule has 14 heavy (non-hydrogen) atoms. The van der Waals surface area contributed by atoms with E-state index in [-0.39, 0.29) is 11.9 Å². The second-order valence-corrected chi connectivity index (χ2v) is 4.10. The van der Waals surface area contributed by atoms with Crippen molar-refractivity contribution in [3.05, 3.63) is 0 Å². The Bertz CT molecular complexity index is 169. The molecule has 0 aromatic heterocycles. The van der Waals surface area contributed by atoms with E-state index < -0.39 is 0 Å². The van der Waals surface area contributed by atoms with Crippen LogP contribution in [0.1, 0.15) is 33.6 Å². The molecule has 0 aliphatic carbocycles. The third-order valence-corrected chi connectivity index (χ3v) is 2.35. The number of rotatable bonds is 6. The lowest BCUT2D eigenvalue weighted by Gasteiger charge is -2.28. The fourth-order valence-electron chi connectivity index (χ4n) is 1.53. The Morgan fingerprint density at radius 2 is 2.00 bits per heavy atom. The molecule has 0 saturated carbocycles. The molecule has 0 radical (unpaired) electrons. The molecule has 0 spiro atoms. The van der Waals surface area contributed by atoms with Gasteiger partial charge in [0.05, 0.1) is 12.6 Å².